The van der Waals surface area contributed by atoms with Gasteiger partial charge < -0.3 is 10.2 Å². The lowest BCUT2D eigenvalue weighted by Crippen LogP contribution is -2.30. The van der Waals surface area contributed by atoms with E-state index in [0.29, 0.717) is 17.9 Å². The minimum absolute atomic E-state index is 0.235. The SMILES string of the molecule is CNc1nc(Cl)nc(N(C)C2CCCC2)n1. The van der Waals surface area contributed by atoms with Crippen molar-refractivity contribution in [3.8, 4) is 0 Å². The average molecular weight is 242 g/mol. The molecule has 5 nitrogen and oxygen atoms in total. The lowest BCUT2D eigenvalue weighted by atomic mass is 10.2. The van der Waals surface area contributed by atoms with Crippen LogP contribution >= 0.6 is 11.6 Å². The molecule has 0 spiro atoms. The van der Waals surface area contributed by atoms with Crippen LogP contribution in [0.25, 0.3) is 0 Å². The van der Waals surface area contributed by atoms with Crippen molar-refractivity contribution in [1.82, 2.24) is 15.0 Å². The summed E-state index contributed by atoms with van der Waals surface area (Å²) in [5.74, 6) is 1.16. The summed E-state index contributed by atoms with van der Waals surface area (Å²) in [6, 6.07) is 0.531. The zero-order chi connectivity index (χ0) is 11.5. The van der Waals surface area contributed by atoms with Crippen molar-refractivity contribution in [2.24, 2.45) is 0 Å². The first-order valence-electron chi connectivity index (χ1n) is 5.53. The summed E-state index contributed by atoms with van der Waals surface area (Å²) in [7, 11) is 3.78. The van der Waals surface area contributed by atoms with E-state index in [4.69, 9.17) is 11.6 Å². The van der Waals surface area contributed by atoms with E-state index in [1.165, 1.54) is 25.7 Å². The Morgan fingerprint density at radius 1 is 1.25 bits per heavy atom. The van der Waals surface area contributed by atoms with Gasteiger partial charge in [0.25, 0.3) is 0 Å². The second-order valence-corrected chi connectivity index (χ2v) is 4.37. The van der Waals surface area contributed by atoms with Gasteiger partial charge in [-0.15, -0.1) is 0 Å². The predicted molar refractivity (Wildman–Crippen MR) is 65.0 cm³/mol. The molecule has 1 aliphatic carbocycles. The second-order valence-electron chi connectivity index (χ2n) is 4.03. The molecule has 1 aliphatic rings. The summed E-state index contributed by atoms with van der Waals surface area (Å²) in [6.07, 6.45) is 4.97. The van der Waals surface area contributed by atoms with E-state index in [2.05, 4.69) is 25.2 Å². The zero-order valence-electron chi connectivity index (χ0n) is 9.57. The molecule has 0 aliphatic heterocycles. The van der Waals surface area contributed by atoms with E-state index in [9.17, 15) is 0 Å². The minimum atomic E-state index is 0.235. The molecule has 6 heteroatoms. The molecule has 0 atom stereocenters. The molecule has 0 amide bonds. The van der Waals surface area contributed by atoms with Crippen LogP contribution in [0, 0.1) is 0 Å². The Morgan fingerprint density at radius 2 is 1.94 bits per heavy atom. The molecule has 88 valence electrons. The molecule has 2 rings (SSSR count). The second kappa shape index (κ2) is 4.82. The molecular weight excluding hydrogens is 226 g/mol. The Balaban J connectivity index is 2.21. The Bertz CT molecular complexity index is 364. The molecule has 0 saturated heterocycles. The van der Waals surface area contributed by atoms with Crippen LogP contribution < -0.4 is 10.2 Å². The topological polar surface area (TPSA) is 53.9 Å². The highest BCUT2D eigenvalue weighted by molar-refractivity contribution is 6.28. The molecule has 1 saturated carbocycles. The van der Waals surface area contributed by atoms with Gasteiger partial charge in [-0.05, 0) is 24.4 Å². The van der Waals surface area contributed by atoms with Crippen LogP contribution in [0.4, 0.5) is 11.9 Å². The van der Waals surface area contributed by atoms with Gasteiger partial charge in [-0.25, -0.2) is 0 Å². The number of hydrogen-bond donors (Lipinski definition) is 1. The van der Waals surface area contributed by atoms with Gasteiger partial charge in [0.1, 0.15) is 0 Å². The van der Waals surface area contributed by atoms with Gasteiger partial charge in [0, 0.05) is 20.1 Å². The van der Waals surface area contributed by atoms with Gasteiger partial charge in [-0.3, -0.25) is 0 Å². The van der Waals surface area contributed by atoms with Crippen LogP contribution in [-0.4, -0.2) is 35.1 Å². The van der Waals surface area contributed by atoms with Crippen LogP contribution in [0.5, 0.6) is 0 Å². The van der Waals surface area contributed by atoms with E-state index in [1.54, 1.807) is 7.05 Å². The predicted octanol–water partition coefficient (Wildman–Crippen LogP) is 1.95. The van der Waals surface area contributed by atoms with Crippen molar-refractivity contribution in [3.05, 3.63) is 5.28 Å². The van der Waals surface area contributed by atoms with Crippen molar-refractivity contribution < 1.29 is 0 Å². The van der Waals surface area contributed by atoms with Crippen molar-refractivity contribution in [1.29, 1.82) is 0 Å². The van der Waals surface area contributed by atoms with E-state index in [0.717, 1.165) is 0 Å². The Morgan fingerprint density at radius 3 is 2.56 bits per heavy atom. The van der Waals surface area contributed by atoms with E-state index in [1.807, 2.05) is 7.05 Å². The first kappa shape index (κ1) is 11.4. The summed E-state index contributed by atoms with van der Waals surface area (Å²) in [6.45, 7) is 0. The summed E-state index contributed by atoms with van der Waals surface area (Å²) < 4.78 is 0. The number of nitrogens with one attached hydrogen (secondary N) is 1. The van der Waals surface area contributed by atoms with Gasteiger partial charge in [-0.2, -0.15) is 15.0 Å². The summed E-state index contributed by atoms with van der Waals surface area (Å²) in [4.78, 5) is 14.5. The standard InChI is InChI=1S/C10H16ClN5/c1-12-9-13-8(11)14-10(15-9)16(2)7-5-3-4-6-7/h7H,3-6H2,1-2H3,(H,12,13,14,15). The fourth-order valence-corrected chi connectivity index (χ4v) is 2.22. The molecule has 0 aromatic carbocycles. The molecule has 1 aromatic heterocycles. The lowest BCUT2D eigenvalue weighted by molar-refractivity contribution is 0.637. The third-order valence-electron chi connectivity index (χ3n) is 3.01. The summed E-state index contributed by atoms with van der Waals surface area (Å²) >= 11 is 5.85. The van der Waals surface area contributed by atoms with Gasteiger partial charge >= 0.3 is 0 Å². The van der Waals surface area contributed by atoms with E-state index < -0.39 is 0 Å². The van der Waals surface area contributed by atoms with Crippen molar-refractivity contribution in [2.45, 2.75) is 31.7 Å². The van der Waals surface area contributed by atoms with Gasteiger partial charge in [0.2, 0.25) is 17.2 Å². The van der Waals surface area contributed by atoms with Crippen molar-refractivity contribution in [2.75, 3.05) is 24.3 Å². The van der Waals surface area contributed by atoms with Crippen LogP contribution in [0.2, 0.25) is 5.28 Å². The Labute approximate surface area is 100 Å². The highest BCUT2D eigenvalue weighted by atomic mass is 35.5. The fourth-order valence-electron chi connectivity index (χ4n) is 2.06. The molecule has 1 fully saturated rings. The molecule has 0 radical (unpaired) electrons. The van der Waals surface area contributed by atoms with Gasteiger partial charge in [-0.1, -0.05) is 12.8 Å². The van der Waals surface area contributed by atoms with E-state index in [-0.39, 0.29) is 5.28 Å². The third kappa shape index (κ3) is 2.35. The highest BCUT2D eigenvalue weighted by Gasteiger charge is 2.22. The zero-order valence-corrected chi connectivity index (χ0v) is 10.3. The van der Waals surface area contributed by atoms with Crippen molar-refractivity contribution in [3.63, 3.8) is 0 Å². The van der Waals surface area contributed by atoms with E-state index >= 15 is 0 Å². The third-order valence-corrected chi connectivity index (χ3v) is 3.18. The molecule has 16 heavy (non-hydrogen) atoms. The maximum Gasteiger partial charge on any atom is 0.231 e. The lowest BCUT2D eigenvalue weighted by Gasteiger charge is -2.24. The number of rotatable bonds is 3. The first-order chi connectivity index (χ1) is 7.70. The maximum atomic E-state index is 5.85. The number of hydrogen-bond acceptors (Lipinski definition) is 5. The summed E-state index contributed by atoms with van der Waals surface area (Å²) in [5.41, 5.74) is 0. The monoisotopic (exact) mass is 241 g/mol. The number of nitrogens with zero attached hydrogens (tertiary/aromatic N) is 4. The molecule has 0 unspecified atom stereocenters. The minimum Gasteiger partial charge on any atom is -0.357 e. The molecule has 1 N–H and O–H groups in total. The van der Waals surface area contributed by atoms with Crippen LogP contribution in [0.15, 0.2) is 0 Å². The van der Waals surface area contributed by atoms with Crippen LogP contribution in [-0.2, 0) is 0 Å². The van der Waals surface area contributed by atoms with Crippen molar-refractivity contribution >= 4 is 23.5 Å². The largest absolute Gasteiger partial charge is 0.357 e. The van der Waals surface area contributed by atoms with Gasteiger partial charge in [0.05, 0.1) is 0 Å². The molecule has 0 bridgehead atoms. The van der Waals surface area contributed by atoms with Crippen LogP contribution in [0.1, 0.15) is 25.7 Å². The molecule has 1 aromatic rings. The molecular formula is C10H16ClN5. The maximum absolute atomic E-state index is 5.85. The normalized spacial score (nSPS) is 16.4. The number of anilines is 2. The highest BCUT2D eigenvalue weighted by Crippen LogP contribution is 2.25. The average Bonchev–Trinajstić information content (AvgIpc) is 2.80. The molecule has 1 heterocycles. The van der Waals surface area contributed by atoms with Crippen LogP contribution in [0.3, 0.4) is 0 Å². The smallest absolute Gasteiger partial charge is 0.231 e. The first-order valence-corrected chi connectivity index (χ1v) is 5.90. The summed E-state index contributed by atoms with van der Waals surface area (Å²) in [5, 5.41) is 3.12. The fraction of sp³-hybridized carbons (Fsp3) is 0.700. The number of halogens is 1. The quantitative estimate of drug-likeness (QED) is 0.877. The number of aromatic nitrogens is 3. The van der Waals surface area contributed by atoms with Gasteiger partial charge in [0.15, 0.2) is 0 Å². The Kier molecular flexibility index (Phi) is 3.43. The Hall–Kier alpha value is -1.10.